The lowest BCUT2D eigenvalue weighted by atomic mass is 10.1. The van der Waals surface area contributed by atoms with Gasteiger partial charge >= 0.3 is 11.9 Å². The van der Waals surface area contributed by atoms with Gasteiger partial charge in [0.1, 0.15) is 5.69 Å². The number of nitrogens with zero attached hydrogens (tertiary/aromatic N) is 1. The molecule has 1 saturated carbocycles. The fourth-order valence-corrected chi connectivity index (χ4v) is 3.27. The molecule has 0 radical (unpaired) electrons. The number of carbonyl (C=O) groups is 2. The first-order valence-electron chi connectivity index (χ1n) is 6.38. The molecule has 1 aliphatic rings. The Morgan fingerprint density at radius 2 is 2.20 bits per heavy atom. The summed E-state index contributed by atoms with van der Waals surface area (Å²) < 4.78 is 4.71. The van der Waals surface area contributed by atoms with Gasteiger partial charge in [-0.25, -0.2) is 9.78 Å². The molecule has 1 N–H and O–H groups in total. The van der Waals surface area contributed by atoms with Crippen molar-refractivity contribution in [3.8, 4) is 0 Å². The molecule has 6 heteroatoms. The van der Waals surface area contributed by atoms with Crippen LogP contribution in [0.1, 0.15) is 35.4 Å². The summed E-state index contributed by atoms with van der Waals surface area (Å²) in [5, 5.41) is 8.88. The number of thioether (sulfide) groups is 1. The van der Waals surface area contributed by atoms with Crippen LogP contribution in [-0.4, -0.2) is 34.9 Å². The van der Waals surface area contributed by atoms with Crippen LogP contribution in [0.3, 0.4) is 0 Å². The molecule has 0 spiro atoms. The van der Waals surface area contributed by atoms with Gasteiger partial charge in [0.25, 0.3) is 0 Å². The Labute approximate surface area is 121 Å². The second-order valence-corrected chi connectivity index (χ2v) is 6.05. The normalized spacial score (nSPS) is 15.7. The Morgan fingerprint density at radius 1 is 1.45 bits per heavy atom. The third-order valence-electron chi connectivity index (χ3n) is 3.39. The summed E-state index contributed by atoms with van der Waals surface area (Å²) in [6.45, 7) is 0. The number of carboxylic acids is 1. The minimum absolute atomic E-state index is 0.0683. The zero-order valence-electron chi connectivity index (χ0n) is 11.3. The van der Waals surface area contributed by atoms with Crippen molar-refractivity contribution in [3.05, 3.63) is 29.6 Å². The van der Waals surface area contributed by atoms with E-state index in [1.165, 1.54) is 13.2 Å². The maximum absolute atomic E-state index is 11.3. The Balaban J connectivity index is 1.83. The minimum atomic E-state index is -1.01. The van der Waals surface area contributed by atoms with Crippen molar-refractivity contribution in [2.75, 3.05) is 12.9 Å². The van der Waals surface area contributed by atoms with Crippen LogP contribution >= 0.6 is 11.8 Å². The van der Waals surface area contributed by atoms with Crippen LogP contribution in [0.5, 0.6) is 0 Å². The summed E-state index contributed by atoms with van der Waals surface area (Å²) >= 11 is 1.69. The molecule has 1 fully saturated rings. The van der Waals surface area contributed by atoms with E-state index in [1.54, 1.807) is 17.8 Å². The third kappa shape index (κ3) is 3.96. The number of aromatic carboxylic acids is 1. The molecule has 0 atom stereocenters. The lowest BCUT2D eigenvalue weighted by Crippen LogP contribution is -2.13. The summed E-state index contributed by atoms with van der Waals surface area (Å²) in [6.07, 6.45) is 2.58. The molecule has 1 heterocycles. The second kappa shape index (κ2) is 6.26. The average Bonchev–Trinajstić information content (AvgIpc) is 3.18. The number of rotatable bonds is 7. The Morgan fingerprint density at radius 3 is 2.80 bits per heavy atom. The summed E-state index contributed by atoms with van der Waals surface area (Å²) in [5.74, 6) is 0.362. The average molecular weight is 295 g/mol. The number of carbonyl (C=O) groups excluding carboxylic acids is 1. The molecule has 1 aliphatic carbocycles. The van der Waals surface area contributed by atoms with Crippen molar-refractivity contribution >= 4 is 23.7 Å². The summed E-state index contributed by atoms with van der Waals surface area (Å²) in [4.78, 5) is 26.2. The van der Waals surface area contributed by atoms with Gasteiger partial charge in [-0.15, -0.1) is 0 Å². The van der Waals surface area contributed by atoms with Gasteiger partial charge in [-0.2, -0.15) is 11.8 Å². The molecule has 0 amide bonds. The van der Waals surface area contributed by atoms with Crippen molar-refractivity contribution < 1.29 is 19.4 Å². The third-order valence-corrected chi connectivity index (χ3v) is 4.70. The van der Waals surface area contributed by atoms with Crippen LogP contribution in [-0.2, 0) is 15.3 Å². The largest absolute Gasteiger partial charge is 0.477 e. The number of aromatic nitrogens is 1. The molecule has 0 saturated heterocycles. The van der Waals surface area contributed by atoms with Crippen LogP contribution in [0.25, 0.3) is 0 Å². The lowest BCUT2D eigenvalue weighted by molar-refractivity contribution is -0.141. The highest BCUT2D eigenvalue weighted by molar-refractivity contribution is 7.98. The topological polar surface area (TPSA) is 76.5 Å². The molecule has 0 unspecified atom stereocenters. The van der Waals surface area contributed by atoms with E-state index in [-0.39, 0.29) is 17.1 Å². The van der Waals surface area contributed by atoms with Gasteiger partial charge in [0, 0.05) is 5.75 Å². The van der Waals surface area contributed by atoms with Crippen LogP contribution in [0.2, 0.25) is 0 Å². The first-order valence-corrected chi connectivity index (χ1v) is 7.54. The van der Waals surface area contributed by atoms with Crippen LogP contribution in [0.15, 0.2) is 18.2 Å². The fourth-order valence-electron chi connectivity index (χ4n) is 1.98. The van der Waals surface area contributed by atoms with Gasteiger partial charge in [-0.1, -0.05) is 6.07 Å². The number of pyridine rings is 1. The lowest BCUT2D eigenvalue weighted by Gasteiger charge is -2.12. The van der Waals surface area contributed by atoms with Crippen molar-refractivity contribution in [2.24, 2.45) is 5.41 Å². The number of hydrogen-bond acceptors (Lipinski definition) is 5. The highest BCUT2D eigenvalue weighted by atomic mass is 32.2. The molecular formula is C14H17NO4S. The SMILES string of the molecule is COC(=O)CC1(CSCc2cccc(C(=O)O)n2)CC1. The maximum atomic E-state index is 11.3. The fraction of sp³-hybridized carbons (Fsp3) is 0.500. The summed E-state index contributed by atoms with van der Waals surface area (Å²) in [6, 6.07) is 5.00. The van der Waals surface area contributed by atoms with E-state index < -0.39 is 5.97 Å². The second-order valence-electron chi connectivity index (χ2n) is 5.07. The zero-order chi connectivity index (χ0) is 14.6. The van der Waals surface area contributed by atoms with Gasteiger partial charge in [-0.3, -0.25) is 4.79 Å². The summed E-state index contributed by atoms with van der Waals surface area (Å²) in [7, 11) is 1.41. The van der Waals surface area contributed by atoms with Crippen LogP contribution in [0.4, 0.5) is 0 Å². The molecule has 108 valence electrons. The molecule has 0 aliphatic heterocycles. The predicted molar refractivity (Wildman–Crippen MR) is 75.7 cm³/mol. The molecule has 20 heavy (non-hydrogen) atoms. The standard InChI is InChI=1S/C14H17NO4S/c1-19-12(16)7-14(5-6-14)9-20-8-10-3-2-4-11(15-10)13(17)18/h2-4H,5-9H2,1H3,(H,17,18). The van der Waals surface area contributed by atoms with E-state index in [2.05, 4.69) is 4.98 Å². The first kappa shape index (κ1) is 14.8. The van der Waals surface area contributed by atoms with Crippen LogP contribution in [0, 0.1) is 5.41 Å². The molecule has 0 aromatic carbocycles. The van der Waals surface area contributed by atoms with Crippen molar-refractivity contribution in [3.63, 3.8) is 0 Å². The number of carboxylic acid groups (broad SMARTS) is 1. The van der Waals surface area contributed by atoms with Crippen molar-refractivity contribution in [1.29, 1.82) is 0 Å². The molecular weight excluding hydrogens is 278 g/mol. The Kier molecular flexibility index (Phi) is 4.65. The molecule has 0 bridgehead atoms. The van der Waals surface area contributed by atoms with E-state index in [4.69, 9.17) is 9.84 Å². The van der Waals surface area contributed by atoms with E-state index >= 15 is 0 Å². The molecule has 2 rings (SSSR count). The maximum Gasteiger partial charge on any atom is 0.354 e. The van der Waals surface area contributed by atoms with Crippen molar-refractivity contribution in [2.45, 2.75) is 25.0 Å². The van der Waals surface area contributed by atoms with E-state index in [0.29, 0.717) is 12.2 Å². The monoisotopic (exact) mass is 295 g/mol. The van der Waals surface area contributed by atoms with Gasteiger partial charge in [0.2, 0.25) is 0 Å². The Hall–Kier alpha value is -1.56. The quantitative estimate of drug-likeness (QED) is 0.778. The van der Waals surface area contributed by atoms with E-state index in [0.717, 1.165) is 24.3 Å². The van der Waals surface area contributed by atoms with E-state index in [9.17, 15) is 9.59 Å². The number of methoxy groups -OCH3 is 1. The number of hydrogen-bond donors (Lipinski definition) is 1. The first-order chi connectivity index (χ1) is 9.54. The van der Waals surface area contributed by atoms with Crippen LogP contribution < -0.4 is 0 Å². The molecule has 1 aromatic heterocycles. The highest BCUT2D eigenvalue weighted by Crippen LogP contribution is 2.51. The van der Waals surface area contributed by atoms with Crippen molar-refractivity contribution in [1.82, 2.24) is 4.98 Å². The molecule has 1 aromatic rings. The van der Waals surface area contributed by atoms with Gasteiger partial charge in [0.05, 0.1) is 19.2 Å². The van der Waals surface area contributed by atoms with Gasteiger partial charge < -0.3 is 9.84 Å². The number of esters is 1. The predicted octanol–water partition coefficient (Wildman–Crippen LogP) is 2.36. The molecule has 5 nitrogen and oxygen atoms in total. The smallest absolute Gasteiger partial charge is 0.354 e. The zero-order valence-corrected chi connectivity index (χ0v) is 12.1. The van der Waals surface area contributed by atoms with Gasteiger partial charge in [-0.05, 0) is 36.1 Å². The number of ether oxygens (including phenoxy) is 1. The minimum Gasteiger partial charge on any atom is -0.477 e. The Bertz CT molecular complexity index is 514. The van der Waals surface area contributed by atoms with Gasteiger partial charge in [0.15, 0.2) is 0 Å². The summed E-state index contributed by atoms with van der Waals surface area (Å²) in [5.41, 5.74) is 0.907. The highest BCUT2D eigenvalue weighted by Gasteiger charge is 2.44. The van der Waals surface area contributed by atoms with E-state index in [1.807, 2.05) is 6.07 Å².